The minimum absolute atomic E-state index is 0.849. The molecule has 0 radical (unpaired) electrons. The van der Waals surface area contributed by atoms with E-state index in [0.717, 1.165) is 17.5 Å². The molecule has 7 heavy (non-hydrogen) atoms. The normalized spacial score (nSPS) is 25.6. The minimum atomic E-state index is 0.849. The Kier molecular flexibility index (Phi) is 1.82. The summed E-state index contributed by atoms with van der Waals surface area (Å²) < 4.78 is 3.43. The van der Waals surface area contributed by atoms with Crippen LogP contribution >= 0.6 is 23.5 Å². The zero-order valence-corrected chi connectivity index (χ0v) is 5.22. The van der Waals surface area contributed by atoms with Gasteiger partial charge in [0.05, 0.1) is 0 Å². The van der Waals surface area contributed by atoms with Gasteiger partial charge in [-0.15, -0.1) is 0 Å². The molecule has 0 aromatic rings. The maximum atomic E-state index is 5.11. The van der Waals surface area contributed by atoms with Crippen LogP contribution in [0.25, 0.3) is 0 Å². The van der Waals surface area contributed by atoms with E-state index in [9.17, 15) is 0 Å². The van der Waals surface area contributed by atoms with Gasteiger partial charge < -0.3 is 5.32 Å². The zero-order chi connectivity index (χ0) is 5.11. The number of nitrogens with one attached hydrogen (secondary N) is 1. The topological polar surface area (TPSA) is 24.4 Å². The molecule has 0 bridgehead atoms. The maximum absolute atomic E-state index is 5.11. The van der Waals surface area contributed by atoms with Crippen LogP contribution < -0.4 is 5.32 Å². The van der Waals surface area contributed by atoms with Crippen molar-refractivity contribution in [3.05, 3.63) is 0 Å². The molecule has 2 nitrogen and oxygen atoms in total. The van der Waals surface area contributed by atoms with Crippen molar-refractivity contribution in [1.29, 1.82) is 0 Å². The summed E-state index contributed by atoms with van der Waals surface area (Å²) in [6.07, 6.45) is 0. The van der Waals surface area contributed by atoms with Crippen LogP contribution in [0.2, 0.25) is 0 Å². The number of rotatable bonds is 0. The highest BCUT2D eigenvalue weighted by molar-refractivity contribution is 8.14. The lowest BCUT2D eigenvalue weighted by Gasteiger charge is -1.85. The summed E-state index contributed by atoms with van der Waals surface area (Å²) in [7, 11) is 0. The van der Waals surface area contributed by atoms with Crippen molar-refractivity contribution < 1.29 is 0 Å². The van der Waals surface area contributed by atoms with Crippen LogP contribution in [0, 0.1) is 0 Å². The second-order valence-electron chi connectivity index (χ2n) is 1.16. The molecule has 0 aromatic carbocycles. The van der Waals surface area contributed by atoms with Gasteiger partial charge in [-0.05, 0) is 0 Å². The van der Waals surface area contributed by atoms with E-state index in [0.29, 0.717) is 0 Å². The molecule has 0 saturated carbocycles. The molecule has 1 aliphatic rings. The van der Waals surface area contributed by atoms with E-state index < -0.39 is 0 Å². The van der Waals surface area contributed by atoms with Crippen molar-refractivity contribution in [3.8, 4) is 0 Å². The summed E-state index contributed by atoms with van der Waals surface area (Å²) >= 11 is 6.76. The highest BCUT2D eigenvalue weighted by Crippen LogP contribution is 2.07. The highest BCUT2D eigenvalue weighted by Gasteiger charge is 2.04. The number of thioether (sulfide) groups is 1. The molecule has 1 fully saturated rings. The van der Waals surface area contributed by atoms with Gasteiger partial charge in [0.1, 0.15) is 0 Å². The molecule has 0 amide bonds. The summed E-state index contributed by atoms with van der Waals surface area (Å²) in [5.41, 5.74) is 0. The molecule has 1 rings (SSSR count). The van der Waals surface area contributed by atoms with Gasteiger partial charge in [0.2, 0.25) is 0 Å². The number of amidine groups is 1. The van der Waals surface area contributed by atoms with Gasteiger partial charge in [-0.25, -0.2) is 0 Å². The molecule has 0 aliphatic carbocycles. The first kappa shape index (κ1) is 5.25. The monoisotopic (exact) mass is 136 g/mol. The predicted octanol–water partition coefficient (Wildman–Crippen LogP) is 0.833. The van der Waals surface area contributed by atoms with Crippen LogP contribution in [0.5, 0.6) is 0 Å². The molecule has 1 heterocycles. The highest BCUT2D eigenvalue weighted by atomic mass is 35.5. The Hall–Kier alpha value is 0.110. The summed E-state index contributed by atoms with van der Waals surface area (Å²) in [5, 5.41) is 3.84. The van der Waals surface area contributed by atoms with Gasteiger partial charge in [0.15, 0.2) is 5.17 Å². The molecule has 1 aliphatic heterocycles. The summed E-state index contributed by atoms with van der Waals surface area (Å²) in [6.45, 7) is 0.996. The molecule has 1 saturated heterocycles. The molecule has 0 aromatic heterocycles. The standard InChI is InChI=1S/C3H5ClN2S/c4-6-3-5-1-2-7-3/h1-2H2,(H,5,6). The summed E-state index contributed by atoms with van der Waals surface area (Å²) in [6, 6.07) is 0. The Labute approximate surface area is 51.4 Å². The largest absolute Gasteiger partial charge is 0.363 e. The average molecular weight is 137 g/mol. The molecule has 4 heteroatoms. The molecule has 0 atom stereocenters. The van der Waals surface area contributed by atoms with Gasteiger partial charge in [-0.3, -0.25) is 0 Å². The van der Waals surface area contributed by atoms with Crippen molar-refractivity contribution in [2.45, 2.75) is 0 Å². The quantitative estimate of drug-likeness (QED) is 0.534. The van der Waals surface area contributed by atoms with E-state index in [2.05, 4.69) is 9.83 Å². The van der Waals surface area contributed by atoms with Crippen LogP contribution in [-0.4, -0.2) is 17.5 Å². The van der Waals surface area contributed by atoms with E-state index >= 15 is 0 Å². The lowest BCUT2D eigenvalue weighted by atomic mass is 10.8. The first-order valence-corrected chi connectivity index (χ1v) is 3.31. The predicted molar refractivity (Wildman–Crippen MR) is 33.7 cm³/mol. The molecule has 0 spiro atoms. The summed E-state index contributed by atoms with van der Waals surface area (Å²) in [4.78, 5) is 0. The first-order chi connectivity index (χ1) is 3.43. The van der Waals surface area contributed by atoms with Gasteiger partial charge in [0, 0.05) is 24.1 Å². The number of nitrogens with zero attached hydrogens (tertiary/aromatic N) is 1. The van der Waals surface area contributed by atoms with Crippen LogP contribution in [0.4, 0.5) is 0 Å². The molecular formula is C3H5ClN2S. The van der Waals surface area contributed by atoms with E-state index in [1.165, 1.54) is 0 Å². The van der Waals surface area contributed by atoms with Gasteiger partial charge in [-0.2, -0.15) is 4.51 Å². The van der Waals surface area contributed by atoms with Crippen molar-refractivity contribution in [3.63, 3.8) is 0 Å². The van der Waals surface area contributed by atoms with Crippen molar-refractivity contribution in [2.75, 3.05) is 12.3 Å². The minimum Gasteiger partial charge on any atom is -0.363 e. The fourth-order valence-electron chi connectivity index (χ4n) is 0.411. The third-order valence-electron chi connectivity index (χ3n) is 0.694. The first-order valence-electron chi connectivity index (χ1n) is 1.99. The number of hydrogen-bond donors (Lipinski definition) is 1. The van der Waals surface area contributed by atoms with Crippen molar-refractivity contribution >= 4 is 28.7 Å². The Morgan fingerprint density at radius 1 is 1.86 bits per heavy atom. The van der Waals surface area contributed by atoms with Crippen LogP contribution in [0.15, 0.2) is 4.51 Å². The third-order valence-corrected chi connectivity index (χ3v) is 1.88. The smallest absolute Gasteiger partial charge is 0.175 e. The van der Waals surface area contributed by atoms with Gasteiger partial charge in [0.25, 0.3) is 0 Å². The fraction of sp³-hybridized carbons (Fsp3) is 0.667. The Balaban J connectivity index is 2.41. The van der Waals surface area contributed by atoms with E-state index in [1.54, 1.807) is 11.8 Å². The van der Waals surface area contributed by atoms with Gasteiger partial charge in [-0.1, -0.05) is 11.8 Å². The Morgan fingerprint density at radius 2 is 2.71 bits per heavy atom. The lowest BCUT2D eigenvalue weighted by molar-refractivity contribution is 1.02. The molecule has 40 valence electrons. The molecule has 1 N–H and O–H groups in total. The number of hydrogen-bond acceptors (Lipinski definition) is 2. The summed E-state index contributed by atoms with van der Waals surface area (Å²) in [5.74, 6) is 1.09. The van der Waals surface area contributed by atoms with Crippen LogP contribution in [-0.2, 0) is 0 Å². The van der Waals surface area contributed by atoms with Crippen LogP contribution in [0.3, 0.4) is 0 Å². The van der Waals surface area contributed by atoms with E-state index in [-0.39, 0.29) is 0 Å². The zero-order valence-electron chi connectivity index (χ0n) is 3.65. The Bertz CT molecular complexity index is 84.9. The van der Waals surface area contributed by atoms with Crippen molar-refractivity contribution in [2.24, 2.45) is 4.51 Å². The molecular weight excluding hydrogens is 132 g/mol. The van der Waals surface area contributed by atoms with Crippen molar-refractivity contribution in [1.82, 2.24) is 5.32 Å². The lowest BCUT2D eigenvalue weighted by Crippen LogP contribution is -2.11. The molecule has 0 unspecified atom stereocenters. The van der Waals surface area contributed by atoms with Gasteiger partial charge >= 0.3 is 0 Å². The third kappa shape index (κ3) is 1.24. The fourth-order valence-corrected chi connectivity index (χ4v) is 1.27. The SMILES string of the molecule is Cl/N=C1/NCCS1. The Morgan fingerprint density at radius 3 is 3.00 bits per heavy atom. The second-order valence-corrected chi connectivity index (χ2v) is 2.42. The number of halogens is 1. The second kappa shape index (κ2) is 2.43. The maximum Gasteiger partial charge on any atom is 0.175 e. The van der Waals surface area contributed by atoms with Crippen LogP contribution in [0.1, 0.15) is 0 Å². The van der Waals surface area contributed by atoms with E-state index in [1.807, 2.05) is 0 Å². The van der Waals surface area contributed by atoms with E-state index in [4.69, 9.17) is 11.8 Å². The average Bonchev–Trinajstić information content (AvgIpc) is 2.14.